The predicted molar refractivity (Wildman–Crippen MR) is 51.3 cm³/mol. The lowest BCUT2D eigenvalue weighted by Gasteiger charge is -2.26. The molecule has 0 aromatic heterocycles. The van der Waals surface area contributed by atoms with Gasteiger partial charge in [-0.1, -0.05) is 13.8 Å². The third-order valence-corrected chi connectivity index (χ3v) is 2.15. The maximum absolute atomic E-state index is 12.0. The molecule has 1 N–H and O–H groups in total. The van der Waals surface area contributed by atoms with E-state index < -0.39 is 6.43 Å². The highest BCUT2D eigenvalue weighted by Crippen LogP contribution is 2.03. The van der Waals surface area contributed by atoms with Crippen molar-refractivity contribution in [2.24, 2.45) is 0 Å². The lowest BCUT2D eigenvalue weighted by molar-refractivity contribution is 0.0795. The lowest BCUT2D eigenvalue weighted by Crippen LogP contribution is -2.41. The number of nitrogens with zero attached hydrogens (tertiary/aromatic N) is 1. The first kappa shape index (κ1) is 12.8. The molecule has 0 aliphatic heterocycles. The summed E-state index contributed by atoms with van der Waals surface area (Å²) < 4.78 is 24.1. The molecule has 0 saturated carbocycles. The van der Waals surface area contributed by atoms with E-state index in [1.165, 1.54) is 0 Å². The molecule has 0 heterocycles. The fraction of sp³-hybridized carbons (Fsp3) is 1.00. The third kappa shape index (κ3) is 5.93. The molecule has 0 rings (SSSR count). The first-order valence-electron chi connectivity index (χ1n) is 4.80. The standard InChI is InChI=1S/C9H20F2N2/c1-4-8(6-12-5-2)13(3)7-9(10)11/h8-9,12H,4-7H2,1-3H3. The van der Waals surface area contributed by atoms with E-state index >= 15 is 0 Å². The van der Waals surface area contributed by atoms with Crippen molar-refractivity contribution in [3.8, 4) is 0 Å². The second-order valence-electron chi connectivity index (χ2n) is 3.20. The SMILES string of the molecule is CCNCC(CC)N(C)CC(F)F. The summed E-state index contributed by atoms with van der Waals surface area (Å²) in [5, 5.41) is 3.17. The molecule has 0 spiro atoms. The van der Waals surface area contributed by atoms with E-state index in [1.54, 1.807) is 11.9 Å². The van der Waals surface area contributed by atoms with Crippen LogP contribution in [-0.4, -0.2) is 44.0 Å². The first-order chi connectivity index (χ1) is 6.11. The van der Waals surface area contributed by atoms with Crippen molar-refractivity contribution < 1.29 is 8.78 Å². The van der Waals surface area contributed by atoms with Crippen LogP contribution in [0.15, 0.2) is 0 Å². The number of hydrogen-bond acceptors (Lipinski definition) is 2. The van der Waals surface area contributed by atoms with Gasteiger partial charge in [0.25, 0.3) is 6.43 Å². The van der Waals surface area contributed by atoms with Gasteiger partial charge in [-0.3, -0.25) is 4.90 Å². The molecule has 0 radical (unpaired) electrons. The summed E-state index contributed by atoms with van der Waals surface area (Å²) in [5.41, 5.74) is 0. The average Bonchev–Trinajstić information content (AvgIpc) is 2.04. The van der Waals surface area contributed by atoms with Crippen molar-refractivity contribution in [1.82, 2.24) is 10.2 Å². The molecule has 80 valence electrons. The number of alkyl halides is 2. The van der Waals surface area contributed by atoms with Crippen LogP contribution in [0, 0.1) is 0 Å². The Bertz CT molecular complexity index is 120. The van der Waals surface area contributed by atoms with Crippen molar-refractivity contribution >= 4 is 0 Å². The minimum absolute atomic E-state index is 0.135. The van der Waals surface area contributed by atoms with Gasteiger partial charge < -0.3 is 5.32 Å². The Morgan fingerprint density at radius 2 is 1.92 bits per heavy atom. The minimum atomic E-state index is -2.24. The maximum Gasteiger partial charge on any atom is 0.251 e. The zero-order valence-electron chi connectivity index (χ0n) is 8.69. The van der Waals surface area contributed by atoms with Crippen LogP contribution in [0.2, 0.25) is 0 Å². The molecule has 0 bridgehead atoms. The van der Waals surface area contributed by atoms with E-state index in [-0.39, 0.29) is 12.6 Å². The minimum Gasteiger partial charge on any atom is -0.315 e. The van der Waals surface area contributed by atoms with E-state index in [0.717, 1.165) is 19.5 Å². The highest BCUT2D eigenvalue weighted by atomic mass is 19.3. The molecule has 0 aromatic rings. The number of nitrogens with one attached hydrogen (secondary N) is 1. The summed E-state index contributed by atoms with van der Waals surface area (Å²) in [6.45, 7) is 5.57. The highest BCUT2D eigenvalue weighted by Gasteiger charge is 2.15. The van der Waals surface area contributed by atoms with Crippen LogP contribution in [0.5, 0.6) is 0 Å². The molecule has 0 saturated heterocycles. The van der Waals surface area contributed by atoms with Gasteiger partial charge in [0.2, 0.25) is 0 Å². The topological polar surface area (TPSA) is 15.3 Å². The molecule has 0 aromatic carbocycles. The Hall–Kier alpha value is -0.220. The molecule has 13 heavy (non-hydrogen) atoms. The van der Waals surface area contributed by atoms with Crippen LogP contribution in [0.4, 0.5) is 8.78 Å². The van der Waals surface area contributed by atoms with Crippen molar-refractivity contribution in [3.05, 3.63) is 0 Å². The molecule has 0 aliphatic rings. The van der Waals surface area contributed by atoms with Gasteiger partial charge in [-0.25, -0.2) is 8.78 Å². The van der Waals surface area contributed by atoms with E-state index in [4.69, 9.17) is 0 Å². The van der Waals surface area contributed by atoms with E-state index in [0.29, 0.717) is 0 Å². The largest absolute Gasteiger partial charge is 0.315 e. The molecule has 1 atom stereocenters. The average molecular weight is 194 g/mol. The zero-order valence-corrected chi connectivity index (χ0v) is 8.69. The zero-order chi connectivity index (χ0) is 10.3. The number of rotatable bonds is 7. The Morgan fingerprint density at radius 1 is 1.31 bits per heavy atom. The molecule has 4 heteroatoms. The van der Waals surface area contributed by atoms with Crippen LogP contribution < -0.4 is 5.32 Å². The van der Waals surface area contributed by atoms with Gasteiger partial charge in [0.1, 0.15) is 0 Å². The van der Waals surface area contributed by atoms with E-state index in [2.05, 4.69) is 5.32 Å². The lowest BCUT2D eigenvalue weighted by atomic mass is 10.2. The van der Waals surface area contributed by atoms with Crippen LogP contribution in [0.25, 0.3) is 0 Å². The predicted octanol–water partition coefficient (Wildman–Crippen LogP) is 1.57. The maximum atomic E-state index is 12.0. The van der Waals surface area contributed by atoms with E-state index in [1.807, 2.05) is 13.8 Å². The smallest absolute Gasteiger partial charge is 0.251 e. The van der Waals surface area contributed by atoms with Crippen LogP contribution >= 0.6 is 0 Å². The Kier molecular flexibility index (Phi) is 7.09. The van der Waals surface area contributed by atoms with Crippen molar-refractivity contribution in [2.75, 3.05) is 26.7 Å². The Morgan fingerprint density at radius 3 is 2.31 bits per heavy atom. The van der Waals surface area contributed by atoms with Gasteiger partial charge in [0.05, 0.1) is 6.54 Å². The molecular weight excluding hydrogens is 174 g/mol. The Labute approximate surface area is 79.3 Å². The van der Waals surface area contributed by atoms with Gasteiger partial charge in [0.15, 0.2) is 0 Å². The number of likely N-dealkylation sites (N-methyl/N-ethyl adjacent to an activating group) is 2. The summed E-state index contributed by atoms with van der Waals surface area (Å²) in [5.74, 6) is 0. The molecule has 0 fully saturated rings. The monoisotopic (exact) mass is 194 g/mol. The molecule has 0 amide bonds. The summed E-state index contributed by atoms with van der Waals surface area (Å²) in [7, 11) is 1.75. The van der Waals surface area contributed by atoms with Gasteiger partial charge in [-0.05, 0) is 20.0 Å². The molecule has 1 unspecified atom stereocenters. The van der Waals surface area contributed by atoms with Crippen LogP contribution in [0.1, 0.15) is 20.3 Å². The number of halogens is 2. The van der Waals surface area contributed by atoms with Crippen molar-refractivity contribution in [1.29, 1.82) is 0 Å². The summed E-state index contributed by atoms with van der Waals surface area (Å²) >= 11 is 0. The van der Waals surface area contributed by atoms with Gasteiger partial charge in [0, 0.05) is 12.6 Å². The van der Waals surface area contributed by atoms with E-state index in [9.17, 15) is 8.78 Å². The van der Waals surface area contributed by atoms with Crippen LogP contribution in [0.3, 0.4) is 0 Å². The molecule has 2 nitrogen and oxygen atoms in total. The quantitative estimate of drug-likeness (QED) is 0.662. The molecular formula is C9H20F2N2. The Balaban J connectivity index is 3.77. The van der Waals surface area contributed by atoms with Crippen LogP contribution in [-0.2, 0) is 0 Å². The van der Waals surface area contributed by atoms with Gasteiger partial charge in [-0.15, -0.1) is 0 Å². The van der Waals surface area contributed by atoms with Gasteiger partial charge >= 0.3 is 0 Å². The summed E-state index contributed by atoms with van der Waals surface area (Å²) in [6.07, 6.45) is -1.34. The van der Waals surface area contributed by atoms with Crippen molar-refractivity contribution in [3.63, 3.8) is 0 Å². The van der Waals surface area contributed by atoms with Crippen molar-refractivity contribution in [2.45, 2.75) is 32.7 Å². The fourth-order valence-electron chi connectivity index (χ4n) is 1.29. The van der Waals surface area contributed by atoms with Gasteiger partial charge in [-0.2, -0.15) is 0 Å². The first-order valence-corrected chi connectivity index (χ1v) is 4.80. The summed E-state index contributed by atoms with van der Waals surface area (Å²) in [4.78, 5) is 1.72. The highest BCUT2D eigenvalue weighted by molar-refractivity contribution is 4.69. The fourth-order valence-corrected chi connectivity index (χ4v) is 1.29. The second-order valence-corrected chi connectivity index (χ2v) is 3.20. The third-order valence-electron chi connectivity index (χ3n) is 2.15. The molecule has 0 aliphatic carbocycles. The number of hydrogen-bond donors (Lipinski definition) is 1. The summed E-state index contributed by atoms with van der Waals surface area (Å²) in [6, 6.07) is 0.217. The normalized spacial score (nSPS) is 14.1. The second kappa shape index (κ2) is 7.21.